The van der Waals surface area contributed by atoms with E-state index in [2.05, 4.69) is 5.16 Å². The number of anilines is 1. The fourth-order valence-corrected chi connectivity index (χ4v) is 4.88. The van der Waals surface area contributed by atoms with Crippen LogP contribution in [0.2, 0.25) is 0 Å². The fourth-order valence-electron chi connectivity index (χ4n) is 3.37. The van der Waals surface area contributed by atoms with E-state index < -0.39 is 10.0 Å². The number of sulfonamides is 1. The third-order valence-corrected chi connectivity index (χ3v) is 6.44. The summed E-state index contributed by atoms with van der Waals surface area (Å²) in [4.78, 5) is 0.291. The molecule has 0 bridgehead atoms. The normalized spacial score (nSPS) is 13.9. The van der Waals surface area contributed by atoms with Crippen molar-refractivity contribution in [2.24, 2.45) is 0 Å². The quantitative estimate of drug-likeness (QED) is 0.719. The molecule has 3 aromatic rings. The number of fused-ring (bicyclic) bond motifs is 1. The molecule has 0 aliphatic carbocycles. The molecule has 2 aromatic carbocycles. The van der Waals surface area contributed by atoms with Crippen LogP contribution in [0.4, 0.5) is 5.69 Å². The predicted octanol–water partition coefficient (Wildman–Crippen LogP) is 3.71. The average molecular weight is 354 g/mol. The highest BCUT2D eigenvalue weighted by atomic mass is 32.2. The summed E-state index contributed by atoms with van der Waals surface area (Å²) in [6, 6.07) is 14.6. The molecule has 1 aliphatic heterocycles. The molecule has 1 aromatic heterocycles. The zero-order valence-corrected chi connectivity index (χ0v) is 14.9. The van der Waals surface area contributed by atoms with E-state index in [0.717, 1.165) is 40.3 Å². The van der Waals surface area contributed by atoms with Crippen molar-refractivity contribution in [3.8, 4) is 11.1 Å². The van der Waals surface area contributed by atoms with E-state index in [1.807, 2.05) is 38.1 Å². The van der Waals surface area contributed by atoms with Crippen LogP contribution in [0.1, 0.15) is 17.0 Å². The SMILES string of the molecule is Cc1noc(C)c1-c1ccc(S(=O)(=O)N2CCc3ccccc32)cc1. The third kappa shape index (κ3) is 2.53. The summed E-state index contributed by atoms with van der Waals surface area (Å²) >= 11 is 0. The Hall–Kier alpha value is -2.60. The Morgan fingerprint density at radius 3 is 2.44 bits per heavy atom. The Kier molecular flexibility index (Phi) is 3.65. The van der Waals surface area contributed by atoms with E-state index in [-0.39, 0.29) is 0 Å². The van der Waals surface area contributed by atoms with Gasteiger partial charge in [-0.15, -0.1) is 0 Å². The van der Waals surface area contributed by atoms with Crippen LogP contribution in [0.5, 0.6) is 0 Å². The Labute approximate surface area is 146 Å². The predicted molar refractivity (Wildman–Crippen MR) is 96.1 cm³/mol. The first-order valence-electron chi connectivity index (χ1n) is 8.12. The average Bonchev–Trinajstić information content (AvgIpc) is 3.19. The Morgan fingerprint density at radius 1 is 1.04 bits per heavy atom. The molecule has 0 amide bonds. The van der Waals surface area contributed by atoms with Gasteiger partial charge in [0.2, 0.25) is 0 Å². The summed E-state index contributed by atoms with van der Waals surface area (Å²) in [5.41, 5.74) is 4.45. The topological polar surface area (TPSA) is 63.4 Å². The molecule has 0 N–H and O–H groups in total. The molecule has 4 rings (SSSR count). The van der Waals surface area contributed by atoms with E-state index in [0.29, 0.717) is 11.4 Å². The van der Waals surface area contributed by atoms with Gasteiger partial charge in [0.15, 0.2) is 0 Å². The minimum Gasteiger partial charge on any atom is -0.361 e. The van der Waals surface area contributed by atoms with Crippen molar-refractivity contribution in [3.63, 3.8) is 0 Å². The molecule has 0 radical (unpaired) electrons. The largest absolute Gasteiger partial charge is 0.361 e. The van der Waals surface area contributed by atoms with Gasteiger partial charge in [-0.1, -0.05) is 35.5 Å². The molecule has 1 aliphatic rings. The van der Waals surface area contributed by atoms with Crippen LogP contribution >= 0.6 is 0 Å². The van der Waals surface area contributed by atoms with Crippen molar-refractivity contribution < 1.29 is 12.9 Å². The van der Waals surface area contributed by atoms with Crippen molar-refractivity contribution >= 4 is 15.7 Å². The van der Waals surface area contributed by atoms with Gasteiger partial charge in [0.25, 0.3) is 10.0 Å². The van der Waals surface area contributed by atoms with Gasteiger partial charge in [-0.05, 0) is 49.6 Å². The summed E-state index contributed by atoms with van der Waals surface area (Å²) in [6.07, 6.45) is 0.743. The standard InChI is InChI=1S/C19H18N2O3S/c1-13-19(14(2)24-20-13)16-7-9-17(10-8-16)25(22,23)21-12-11-15-5-3-4-6-18(15)21/h3-10H,11-12H2,1-2H3. The molecular formula is C19H18N2O3S. The van der Waals surface area contributed by atoms with Gasteiger partial charge in [-0.2, -0.15) is 0 Å². The molecule has 0 fully saturated rings. The van der Waals surface area contributed by atoms with Crippen molar-refractivity contribution in [1.82, 2.24) is 5.16 Å². The molecule has 2 heterocycles. The summed E-state index contributed by atoms with van der Waals surface area (Å²) in [7, 11) is -3.56. The second-order valence-electron chi connectivity index (χ2n) is 6.18. The fraction of sp³-hybridized carbons (Fsp3) is 0.211. The van der Waals surface area contributed by atoms with Crippen molar-refractivity contribution in [3.05, 3.63) is 65.5 Å². The molecule has 0 saturated carbocycles. The minimum atomic E-state index is -3.56. The van der Waals surface area contributed by atoms with Crippen LogP contribution < -0.4 is 4.31 Å². The zero-order valence-electron chi connectivity index (χ0n) is 14.1. The maximum atomic E-state index is 13.0. The maximum absolute atomic E-state index is 13.0. The van der Waals surface area contributed by atoms with Gasteiger partial charge >= 0.3 is 0 Å². The summed E-state index contributed by atoms with van der Waals surface area (Å²) in [5, 5.41) is 3.95. The Morgan fingerprint density at radius 2 is 1.76 bits per heavy atom. The van der Waals surface area contributed by atoms with Gasteiger partial charge in [-0.25, -0.2) is 8.42 Å². The summed E-state index contributed by atoms with van der Waals surface area (Å²) in [5.74, 6) is 0.724. The van der Waals surface area contributed by atoms with Crippen molar-refractivity contribution in [1.29, 1.82) is 0 Å². The molecule has 5 nitrogen and oxygen atoms in total. The Balaban J connectivity index is 1.71. The van der Waals surface area contributed by atoms with Crippen LogP contribution in [-0.4, -0.2) is 20.1 Å². The van der Waals surface area contributed by atoms with Gasteiger partial charge in [0, 0.05) is 12.1 Å². The number of rotatable bonds is 3. The van der Waals surface area contributed by atoms with Crippen LogP contribution in [0.3, 0.4) is 0 Å². The van der Waals surface area contributed by atoms with Crippen LogP contribution in [-0.2, 0) is 16.4 Å². The summed E-state index contributed by atoms with van der Waals surface area (Å²) in [6.45, 7) is 4.20. The molecule has 0 atom stereocenters. The molecule has 25 heavy (non-hydrogen) atoms. The molecular weight excluding hydrogens is 336 g/mol. The van der Waals surface area contributed by atoms with Gasteiger partial charge in [0.05, 0.1) is 16.3 Å². The second-order valence-corrected chi connectivity index (χ2v) is 8.04. The maximum Gasteiger partial charge on any atom is 0.264 e. The first-order valence-corrected chi connectivity index (χ1v) is 9.56. The smallest absolute Gasteiger partial charge is 0.264 e. The lowest BCUT2D eigenvalue weighted by Crippen LogP contribution is -2.29. The first kappa shape index (κ1) is 15.9. The van der Waals surface area contributed by atoms with Gasteiger partial charge in [-0.3, -0.25) is 4.31 Å². The number of aryl methyl sites for hydroxylation is 2. The van der Waals surface area contributed by atoms with E-state index in [9.17, 15) is 8.42 Å². The van der Waals surface area contributed by atoms with E-state index in [4.69, 9.17) is 4.52 Å². The lowest BCUT2D eigenvalue weighted by Gasteiger charge is -2.19. The molecule has 0 saturated heterocycles. The van der Waals surface area contributed by atoms with E-state index in [1.54, 1.807) is 24.3 Å². The zero-order chi connectivity index (χ0) is 17.6. The first-order chi connectivity index (χ1) is 12.0. The van der Waals surface area contributed by atoms with E-state index >= 15 is 0 Å². The molecule has 128 valence electrons. The number of nitrogens with zero attached hydrogens (tertiary/aromatic N) is 2. The highest BCUT2D eigenvalue weighted by Crippen LogP contribution is 2.34. The lowest BCUT2D eigenvalue weighted by atomic mass is 10.0. The van der Waals surface area contributed by atoms with Crippen molar-refractivity contribution in [2.75, 3.05) is 10.8 Å². The van der Waals surface area contributed by atoms with Crippen molar-refractivity contribution in [2.45, 2.75) is 25.2 Å². The minimum absolute atomic E-state index is 0.291. The molecule has 0 unspecified atom stereocenters. The van der Waals surface area contributed by atoms with E-state index in [1.165, 1.54) is 4.31 Å². The second kappa shape index (κ2) is 5.74. The van der Waals surface area contributed by atoms with Crippen LogP contribution in [0, 0.1) is 13.8 Å². The number of hydrogen-bond donors (Lipinski definition) is 0. The molecule has 6 heteroatoms. The Bertz CT molecular complexity index is 1020. The number of hydrogen-bond acceptors (Lipinski definition) is 4. The highest BCUT2D eigenvalue weighted by Gasteiger charge is 2.30. The van der Waals surface area contributed by atoms with Gasteiger partial charge in [0.1, 0.15) is 5.76 Å². The number of aromatic nitrogens is 1. The van der Waals surface area contributed by atoms with Crippen LogP contribution in [0.25, 0.3) is 11.1 Å². The number of benzene rings is 2. The number of para-hydroxylation sites is 1. The van der Waals surface area contributed by atoms with Gasteiger partial charge < -0.3 is 4.52 Å². The summed E-state index contributed by atoms with van der Waals surface area (Å²) < 4.78 is 32.7. The highest BCUT2D eigenvalue weighted by molar-refractivity contribution is 7.92. The molecule has 0 spiro atoms. The monoisotopic (exact) mass is 354 g/mol. The third-order valence-electron chi connectivity index (χ3n) is 4.61. The lowest BCUT2D eigenvalue weighted by molar-refractivity contribution is 0.393. The van der Waals surface area contributed by atoms with Crippen LogP contribution in [0.15, 0.2) is 57.9 Å².